The molecule has 0 aromatic carbocycles. The third kappa shape index (κ3) is 3.91. The van der Waals surface area contributed by atoms with Crippen molar-refractivity contribution in [3.05, 3.63) is 0 Å². The van der Waals surface area contributed by atoms with Crippen LogP contribution in [-0.4, -0.2) is 45.9 Å². The monoisotopic (exact) mass is 261 g/mol. The predicted octanol–water partition coefficient (Wildman–Crippen LogP) is 0.162. The number of hydrogen-bond acceptors (Lipinski definition) is 3. The third-order valence-electron chi connectivity index (χ3n) is 3.57. The molecule has 0 bridgehead atoms. The second-order valence-electron chi connectivity index (χ2n) is 5.22. The lowest BCUT2D eigenvalue weighted by molar-refractivity contribution is 0.261. The van der Waals surface area contributed by atoms with Crippen LogP contribution in [0.3, 0.4) is 0 Å². The van der Waals surface area contributed by atoms with E-state index >= 15 is 0 Å². The third-order valence-corrected chi connectivity index (χ3v) is 5.11. The Morgan fingerprint density at radius 3 is 2.59 bits per heavy atom. The van der Waals surface area contributed by atoms with Crippen molar-refractivity contribution in [3.8, 4) is 0 Å². The summed E-state index contributed by atoms with van der Waals surface area (Å²) in [6, 6.07) is 0. The Kier molecular flexibility index (Phi) is 4.41. The summed E-state index contributed by atoms with van der Waals surface area (Å²) in [5.74, 6) is 1.04. The van der Waals surface area contributed by atoms with E-state index in [1.54, 1.807) is 4.31 Å². The zero-order valence-electron chi connectivity index (χ0n) is 10.5. The minimum absolute atomic E-state index is 0.450. The molecule has 2 aliphatic rings. The van der Waals surface area contributed by atoms with Crippen LogP contribution in [0.15, 0.2) is 0 Å². The van der Waals surface area contributed by atoms with Gasteiger partial charge in [-0.15, -0.1) is 0 Å². The number of hydrogen-bond donors (Lipinski definition) is 2. The molecular weight excluding hydrogens is 238 g/mol. The molecule has 6 heteroatoms. The van der Waals surface area contributed by atoms with Crippen molar-refractivity contribution in [2.24, 2.45) is 11.8 Å². The molecule has 1 heterocycles. The fourth-order valence-corrected chi connectivity index (χ4v) is 3.74. The molecule has 0 aromatic rings. The van der Waals surface area contributed by atoms with Gasteiger partial charge in [-0.05, 0) is 51.1 Å². The summed E-state index contributed by atoms with van der Waals surface area (Å²) < 4.78 is 28.5. The van der Waals surface area contributed by atoms with E-state index in [-0.39, 0.29) is 0 Å². The van der Waals surface area contributed by atoms with Gasteiger partial charge in [0.05, 0.1) is 0 Å². The van der Waals surface area contributed by atoms with Gasteiger partial charge in [0.15, 0.2) is 0 Å². The van der Waals surface area contributed by atoms with E-state index in [1.165, 1.54) is 12.8 Å². The number of rotatable bonds is 6. The van der Waals surface area contributed by atoms with Crippen molar-refractivity contribution >= 4 is 10.2 Å². The van der Waals surface area contributed by atoms with E-state index < -0.39 is 10.2 Å². The number of nitrogens with zero attached hydrogens (tertiary/aromatic N) is 1. The number of nitrogens with one attached hydrogen (secondary N) is 2. The quantitative estimate of drug-likeness (QED) is 0.716. The van der Waals surface area contributed by atoms with E-state index in [0.717, 1.165) is 19.4 Å². The Morgan fingerprint density at radius 1 is 1.18 bits per heavy atom. The van der Waals surface area contributed by atoms with Crippen molar-refractivity contribution in [1.29, 1.82) is 0 Å². The van der Waals surface area contributed by atoms with E-state index in [1.807, 2.05) is 7.05 Å². The van der Waals surface area contributed by atoms with E-state index in [2.05, 4.69) is 10.0 Å². The molecule has 1 aliphatic heterocycles. The van der Waals surface area contributed by atoms with Crippen LogP contribution in [0.25, 0.3) is 0 Å². The van der Waals surface area contributed by atoms with E-state index in [9.17, 15) is 8.42 Å². The average Bonchev–Trinajstić information content (AvgIpc) is 3.11. The van der Waals surface area contributed by atoms with Crippen molar-refractivity contribution in [2.75, 3.05) is 33.2 Å². The lowest BCUT2D eigenvalue weighted by Gasteiger charge is -2.31. The SMILES string of the molecule is CNCC1CCCN(S(=O)(=O)NCC2CC2)C1. The highest BCUT2D eigenvalue weighted by molar-refractivity contribution is 7.87. The molecule has 1 unspecified atom stereocenters. The van der Waals surface area contributed by atoms with Gasteiger partial charge in [0, 0.05) is 19.6 Å². The largest absolute Gasteiger partial charge is 0.319 e. The topological polar surface area (TPSA) is 61.4 Å². The molecule has 1 atom stereocenters. The second-order valence-corrected chi connectivity index (χ2v) is 6.98. The maximum Gasteiger partial charge on any atom is 0.279 e. The molecule has 1 saturated carbocycles. The van der Waals surface area contributed by atoms with Crippen molar-refractivity contribution < 1.29 is 8.42 Å². The summed E-state index contributed by atoms with van der Waals surface area (Å²) in [6.45, 7) is 2.84. The van der Waals surface area contributed by atoms with Gasteiger partial charge in [-0.25, -0.2) is 4.72 Å². The van der Waals surface area contributed by atoms with E-state index in [0.29, 0.717) is 31.5 Å². The maximum atomic E-state index is 12.1. The maximum absolute atomic E-state index is 12.1. The fraction of sp³-hybridized carbons (Fsp3) is 1.00. The van der Waals surface area contributed by atoms with Gasteiger partial charge in [0.25, 0.3) is 10.2 Å². The highest BCUT2D eigenvalue weighted by Crippen LogP contribution is 2.28. The summed E-state index contributed by atoms with van der Waals surface area (Å²) >= 11 is 0. The second kappa shape index (κ2) is 5.65. The zero-order chi connectivity index (χ0) is 12.3. The Balaban J connectivity index is 1.85. The standard InChI is InChI=1S/C11H23N3O2S/c1-12-7-11-3-2-6-14(9-11)17(15,16)13-8-10-4-5-10/h10-13H,2-9H2,1H3. The van der Waals surface area contributed by atoms with Gasteiger partial charge in [0.1, 0.15) is 0 Å². The predicted molar refractivity (Wildman–Crippen MR) is 67.9 cm³/mol. The van der Waals surface area contributed by atoms with Gasteiger partial charge >= 0.3 is 0 Å². The first kappa shape index (κ1) is 13.3. The first-order valence-corrected chi connectivity index (χ1v) is 7.95. The van der Waals surface area contributed by atoms with E-state index in [4.69, 9.17) is 0 Å². The molecule has 2 N–H and O–H groups in total. The lowest BCUT2D eigenvalue weighted by atomic mass is 10.00. The highest BCUT2D eigenvalue weighted by Gasteiger charge is 2.30. The van der Waals surface area contributed by atoms with Crippen LogP contribution in [0.5, 0.6) is 0 Å². The van der Waals surface area contributed by atoms with Gasteiger partial charge in [0.2, 0.25) is 0 Å². The minimum Gasteiger partial charge on any atom is -0.319 e. The van der Waals surface area contributed by atoms with Crippen molar-refractivity contribution in [1.82, 2.24) is 14.3 Å². The minimum atomic E-state index is -3.23. The summed E-state index contributed by atoms with van der Waals surface area (Å²) in [4.78, 5) is 0. The molecule has 17 heavy (non-hydrogen) atoms. The van der Waals surface area contributed by atoms with Crippen molar-refractivity contribution in [3.63, 3.8) is 0 Å². The molecule has 5 nitrogen and oxygen atoms in total. The summed E-state index contributed by atoms with van der Waals surface area (Å²) in [5.41, 5.74) is 0. The lowest BCUT2D eigenvalue weighted by Crippen LogP contribution is -2.47. The van der Waals surface area contributed by atoms with Crippen LogP contribution in [0.1, 0.15) is 25.7 Å². The smallest absolute Gasteiger partial charge is 0.279 e. The molecule has 1 aliphatic carbocycles. The molecular formula is C11H23N3O2S. The van der Waals surface area contributed by atoms with Gasteiger partial charge in [-0.2, -0.15) is 12.7 Å². The Hall–Kier alpha value is -0.170. The molecule has 0 aromatic heterocycles. The Labute approximate surface area is 104 Å². The molecule has 0 amide bonds. The molecule has 2 rings (SSSR count). The fourth-order valence-electron chi connectivity index (χ4n) is 2.34. The first-order chi connectivity index (χ1) is 8.12. The molecule has 100 valence electrons. The van der Waals surface area contributed by atoms with Gasteiger partial charge in [-0.1, -0.05) is 0 Å². The molecule has 0 radical (unpaired) electrons. The van der Waals surface area contributed by atoms with Crippen molar-refractivity contribution in [2.45, 2.75) is 25.7 Å². The van der Waals surface area contributed by atoms with Gasteiger partial charge in [-0.3, -0.25) is 0 Å². The Morgan fingerprint density at radius 2 is 1.94 bits per heavy atom. The zero-order valence-corrected chi connectivity index (χ0v) is 11.3. The summed E-state index contributed by atoms with van der Waals surface area (Å²) in [5, 5.41) is 3.13. The van der Waals surface area contributed by atoms with Gasteiger partial charge < -0.3 is 5.32 Å². The summed E-state index contributed by atoms with van der Waals surface area (Å²) in [6.07, 6.45) is 4.43. The first-order valence-electron chi connectivity index (χ1n) is 6.51. The van der Waals surface area contributed by atoms with Crippen LogP contribution >= 0.6 is 0 Å². The van der Waals surface area contributed by atoms with Crippen LogP contribution in [0.2, 0.25) is 0 Å². The van der Waals surface area contributed by atoms with Crippen LogP contribution in [0, 0.1) is 11.8 Å². The summed E-state index contributed by atoms with van der Waals surface area (Å²) in [7, 11) is -1.32. The van der Waals surface area contributed by atoms with Crippen LogP contribution in [0.4, 0.5) is 0 Å². The molecule has 2 fully saturated rings. The normalized spacial score (nSPS) is 27.2. The number of piperidine rings is 1. The van der Waals surface area contributed by atoms with Crippen LogP contribution < -0.4 is 10.0 Å². The highest BCUT2D eigenvalue weighted by atomic mass is 32.2. The molecule has 1 saturated heterocycles. The van der Waals surface area contributed by atoms with Crippen LogP contribution in [-0.2, 0) is 10.2 Å². The average molecular weight is 261 g/mol. The Bertz CT molecular complexity index is 339. The molecule has 0 spiro atoms.